The zero-order valence-corrected chi connectivity index (χ0v) is 16.6. The number of unbranched alkanes of at least 4 members (excludes halogenated alkanes) is 11. The molecule has 0 aromatic carbocycles. The highest BCUT2D eigenvalue weighted by Gasteiger charge is 2.01. The van der Waals surface area contributed by atoms with E-state index >= 15 is 0 Å². The lowest BCUT2D eigenvalue weighted by Gasteiger charge is -2.01. The summed E-state index contributed by atoms with van der Waals surface area (Å²) in [4.78, 5) is 11.5. The minimum Gasteiger partial charge on any atom is -0.287 e. The molecule has 0 bridgehead atoms. The summed E-state index contributed by atoms with van der Waals surface area (Å²) in [5.74, 6) is 0.990. The Balaban J connectivity index is 3.14. The van der Waals surface area contributed by atoms with Crippen LogP contribution in [0.3, 0.4) is 0 Å². The van der Waals surface area contributed by atoms with Crippen molar-refractivity contribution in [1.29, 1.82) is 0 Å². The second kappa shape index (κ2) is 19.8. The van der Waals surface area contributed by atoms with Crippen molar-refractivity contribution in [1.82, 2.24) is 0 Å². The molecule has 0 saturated carbocycles. The zero-order chi connectivity index (χ0) is 17.0. The van der Waals surface area contributed by atoms with E-state index in [1.807, 2.05) is 0 Å². The minimum absolute atomic E-state index is 0.393. The third-order valence-corrected chi connectivity index (χ3v) is 5.25. The van der Waals surface area contributed by atoms with Crippen LogP contribution in [0.1, 0.15) is 110 Å². The molecule has 0 radical (unpaired) electrons. The van der Waals surface area contributed by atoms with Gasteiger partial charge in [-0.05, 0) is 38.5 Å². The highest BCUT2D eigenvalue weighted by molar-refractivity contribution is 8.13. The Kier molecular flexibility index (Phi) is 19.6. The lowest BCUT2D eigenvalue weighted by atomic mass is 10.1. The van der Waals surface area contributed by atoms with E-state index < -0.39 is 0 Å². The molecule has 0 aliphatic rings. The van der Waals surface area contributed by atoms with Gasteiger partial charge in [0.15, 0.2) is 5.12 Å². The van der Waals surface area contributed by atoms with Gasteiger partial charge < -0.3 is 0 Å². The topological polar surface area (TPSA) is 17.1 Å². The molecule has 0 rings (SSSR count). The Morgan fingerprint density at radius 2 is 1.22 bits per heavy atom. The predicted octanol–water partition coefficient (Wildman–Crippen LogP) is 7.69. The normalized spacial score (nSPS) is 11.4. The van der Waals surface area contributed by atoms with Gasteiger partial charge >= 0.3 is 0 Å². The molecule has 0 aromatic rings. The smallest absolute Gasteiger partial charge is 0.188 e. The lowest BCUT2D eigenvalue weighted by molar-refractivity contribution is -0.111. The van der Waals surface area contributed by atoms with Crippen molar-refractivity contribution in [2.24, 2.45) is 0 Å². The van der Waals surface area contributed by atoms with Crippen LogP contribution in [0.25, 0.3) is 0 Å². The van der Waals surface area contributed by atoms with E-state index in [-0.39, 0.29) is 0 Å². The van der Waals surface area contributed by atoms with E-state index in [1.165, 1.54) is 88.8 Å². The molecule has 0 aliphatic heterocycles. The molecule has 0 fully saturated rings. The van der Waals surface area contributed by atoms with Crippen molar-refractivity contribution in [2.75, 3.05) is 5.75 Å². The van der Waals surface area contributed by atoms with Gasteiger partial charge in [0.25, 0.3) is 0 Å². The van der Waals surface area contributed by atoms with Gasteiger partial charge in [-0.15, -0.1) is 0 Å². The van der Waals surface area contributed by atoms with Crippen LogP contribution in [0.15, 0.2) is 12.2 Å². The Hall–Kier alpha value is -0.240. The van der Waals surface area contributed by atoms with Crippen LogP contribution < -0.4 is 0 Å². The second-order valence-electron chi connectivity index (χ2n) is 6.55. The molecule has 136 valence electrons. The maximum atomic E-state index is 11.5. The fourth-order valence-corrected chi connectivity index (χ4v) is 3.35. The first-order valence-corrected chi connectivity index (χ1v) is 11.1. The van der Waals surface area contributed by atoms with E-state index in [0.29, 0.717) is 5.12 Å². The van der Waals surface area contributed by atoms with Gasteiger partial charge in [-0.3, -0.25) is 4.79 Å². The number of rotatable bonds is 17. The number of allylic oxidation sites excluding steroid dienone is 2. The molecule has 0 atom stereocenters. The van der Waals surface area contributed by atoms with Crippen molar-refractivity contribution in [3.63, 3.8) is 0 Å². The van der Waals surface area contributed by atoms with Gasteiger partial charge in [-0.2, -0.15) is 0 Å². The first-order chi connectivity index (χ1) is 11.3. The molecule has 0 heterocycles. The number of hydrogen-bond acceptors (Lipinski definition) is 2. The van der Waals surface area contributed by atoms with Crippen LogP contribution >= 0.6 is 11.8 Å². The maximum absolute atomic E-state index is 11.5. The van der Waals surface area contributed by atoms with Crippen LogP contribution in [-0.4, -0.2) is 10.9 Å². The van der Waals surface area contributed by atoms with Crippen LogP contribution in [0.2, 0.25) is 0 Å². The highest BCUT2D eigenvalue weighted by atomic mass is 32.2. The summed E-state index contributed by atoms with van der Waals surface area (Å²) in [6.07, 6.45) is 23.7. The quantitative estimate of drug-likeness (QED) is 0.199. The summed E-state index contributed by atoms with van der Waals surface area (Å²) in [6.45, 7) is 4.40. The van der Waals surface area contributed by atoms with Crippen LogP contribution in [0.5, 0.6) is 0 Å². The number of carbonyl (C=O) groups excluding carboxylic acids is 1. The first kappa shape index (κ1) is 22.8. The highest BCUT2D eigenvalue weighted by Crippen LogP contribution is 2.13. The van der Waals surface area contributed by atoms with Crippen molar-refractivity contribution in [3.05, 3.63) is 12.2 Å². The number of hydrogen-bond donors (Lipinski definition) is 0. The summed E-state index contributed by atoms with van der Waals surface area (Å²) in [5.41, 5.74) is 0. The van der Waals surface area contributed by atoms with Gasteiger partial charge in [0.2, 0.25) is 0 Å². The van der Waals surface area contributed by atoms with Crippen molar-refractivity contribution in [2.45, 2.75) is 110 Å². The Labute approximate surface area is 150 Å². The van der Waals surface area contributed by atoms with Crippen LogP contribution in [-0.2, 0) is 4.79 Å². The molecule has 0 aliphatic carbocycles. The molecule has 2 heteroatoms. The summed E-state index contributed by atoms with van der Waals surface area (Å²) >= 11 is 1.51. The van der Waals surface area contributed by atoms with E-state index in [4.69, 9.17) is 0 Å². The molecule has 0 N–H and O–H groups in total. The molecule has 0 spiro atoms. The minimum atomic E-state index is 0.393. The Bertz CT molecular complexity index is 273. The van der Waals surface area contributed by atoms with Gasteiger partial charge in [0.05, 0.1) is 0 Å². The van der Waals surface area contributed by atoms with Gasteiger partial charge in [0.1, 0.15) is 0 Å². The molecular formula is C21H40OS. The zero-order valence-electron chi connectivity index (χ0n) is 15.8. The molecule has 0 saturated heterocycles. The Morgan fingerprint density at radius 3 is 1.78 bits per heavy atom. The standard InChI is InChI=1S/C21H40OS/c1-3-5-6-7-8-9-10-11-12-13-14-15-16-17-18-19-21(22)23-20-4-2/h11-12H,3-10,13-20H2,1-2H3/b12-11-. The maximum Gasteiger partial charge on any atom is 0.188 e. The second-order valence-corrected chi connectivity index (χ2v) is 7.71. The number of carbonyl (C=O) groups is 1. The third-order valence-electron chi connectivity index (χ3n) is 4.11. The molecule has 23 heavy (non-hydrogen) atoms. The average Bonchev–Trinajstić information content (AvgIpc) is 2.56. The first-order valence-electron chi connectivity index (χ1n) is 10.1. The average molecular weight is 341 g/mol. The summed E-state index contributed by atoms with van der Waals surface area (Å²) in [7, 11) is 0. The fourth-order valence-electron chi connectivity index (χ4n) is 2.63. The summed E-state index contributed by atoms with van der Waals surface area (Å²) in [5, 5.41) is 0.393. The monoisotopic (exact) mass is 340 g/mol. The van der Waals surface area contributed by atoms with Crippen molar-refractivity contribution >= 4 is 16.9 Å². The summed E-state index contributed by atoms with van der Waals surface area (Å²) in [6, 6.07) is 0. The van der Waals surface area contributed by atoms with E-state index in [2.05, 4.69) is 26.0 Å². The molecule has 0 amide bonds. The predicted molar refractivity (Wildman–Crippen MR) is 107 cm³/mol. The van der Waals surface area contributed by atoms with Crippen LogP contribution in [0, 0.1) is 0 Å². The number of thioether (sulfide) groups is 1. The van der Waals surface area contributed by atoms with E-state index in [9.17, 15) is 4.79 Å². The van der Waals surface area contributed by atoms with Crippen molar-refractivity contribution in [3.8, 4) is 0 Å². The van der Waals surface area contributed by atoms with Gasteiger partial charge in [-0.25, -0.2) is 0 Å². The Morgan fingerprint density at radius 1 is 0.696 bits per heavy atom. The van der Waals surface area contributed by atoms with Crippen LogP contribution in [0.4, 0.5) is 0 Å². The largest absolute Gasteiger partial charge is 0.287 e. The molecule has 0 unspecified atom stereocenters. The van der Waals surface area contributed by atoms with Gasteiger partial charge in [0, 0.05) is 12.2 Å². The fraction of sp³-hybridized carbons (Fsp3) is 0.857. The van der Waals surface area contributed by atoms with E-state index in [0.717, 1.165) is 25.0 Å². The SMILES string of the molecule is CCCCCCCC/C=C\CCCCCCCC(=O)SCCC. The van der Waals surface area contributed by atoms with Gasteiger partial charge in [-0.1, -0.05) is 89.1 Å². The summed E-state index contributed by atoms with van der Waals surface area (Å²) < 4.78 is 0. The lowest BCUT2D eigenvalue weighted by Crippen LogP contribution is -1.93. The van der Waals surface area contributed by atoms with Crippen molar-refractivity contribution < 1.29 is 4.79 Å². The third kappa shape index (κ3) is 19.7. The van der Waals surface area contributed by atoms with E-state index in [1.54, 1.807) is 0 Å². The molecular weight excluding hydrogens is 300 g/mol. The molecule has 0 aromatic heterocycles. The molecule has 1 nitrogen and oxygen atoms in total.